The quantitative estimate of drug-likeness (QED) is 0.746. The molecule has 0 atom stereocenters. The molecule has 1 saturated carbocycles. The molecule has 7 heteroatoms. The molecule has 1 aromatic heterocycles. The average Bonchev–Trinajstić information content (AvgIpc) is 3.17. The summed E-state index contributed by atoms with van der Waals surface area (Å²) in [4.78, 5) is 4.00. The number of hydrogen-bond acceptors (Lipinski definition) is 4. The Labute approximate surface area is 125 Å². The fraction of sp³-hybridized carbons (Fsp3) is 0.538. The molecule has 5 nitrogen and oxygen atoms in total. The summed E-state index contributed by atoms with van der Waals surface area (Å²) in [5, 5.41) is 0. The summed E-state index contributed by atoms with van der Waals surface area (Å²) in [7, 11) is -3.63. The van der Waals surface area contributed by atoms with Gasteiger partial charge in [-0.05, 0) is 36.8 Å². The van der Waals surface area contributed by atoms with Crippen LogP contribution in [0.3, 0.4) is 0 Å². The van der Waals surface area contributed by atoms with Crippen LogP contribution in [0.2, 0.25) is 0 Å². The predicted molar refractivity (Wildman–Crippen MR) is 81.9 cm³/mol. The highest BCUT2D eigenvalue weighted by molar-refractivity contribution is 7.89. The van der Waals surface area contributed by atoms with Crippen LogP contribution < -0.4 is 10.5 Å². The molecule has 0 unspecified atom stereocenters. The standard InChI is InChI=1S/C13H19N3O2S2/c1-2-5-13(6-7-13)9-16-20(17,18)10-4-3-8-15-11(10)12(14)19/h3-4,8,16H,2,5-7,9H2,1H3,(H2,14,19). The zero-order valence-corrected chi connectivity index (χ0v) is 13.1. The molecule has 3 N–H and O–H groups in total. The number of sulfonamides is 1. The van der Waals surface area contributed by atoms with Gasteiger partial charge in [-0.3, -0.25) is 4.98 Å². The van der Waals surface area contributed by atoms with Crippen molar-refractivity contribution in [1.82, 2.24) is 9.71 Å². The molecule has 0 aliphatic heterocycles. The average molecular weight is 313 g/mol. The van der Waals surface area contributed by atoms with Gasteiger partial charge in [0.1, 0.15) is 15.6 Å². The molecule has 0 saturated heterocycles. The first kappa shape index (κ1) is 15.3. The van der Waals surface area contributed by atoms with Gasteiger partial charge >= 0.3 is 0 Å². The SMILES string of the molecule is CCCC1(CNS(=O)(=O)c2cccnc2C(N)=S)CC1. The second-order valence-electron chi connectivity index (χ2n) is 5.29. The fourth-order valence-electron chi connectivity index (χ4n) is 2.34. The Bertz CT molecular complexity index is 610. The van der Waals surface area contributed by atoms with E-state index in [0.29, 0.717) is 6.54 Å². The Morgan fingerprint density at radius 2 is 2.25 bits per heavy atom. The highest BCUT2D eigenvalue weighted by atomic mass is 32.2. The number of thiocarbonyl (C=S) groups is 1. The number of nitrogens with zero attached hydrogens (tertiary/aromatic N) is 1. The predicted octanol–water partition coefficient (Wildman–Crippen LogP) is 1.57. The van der Waals surface area contributed by atoms with Crippen LogP contribution in [0.25, 0.3) is 0 Å². The zero-order chi connectivity index (χ0) is 14.8. The minimum absolute atomic E-state index is 0.0133. The van der Waals surface area contributed by atoms with Crippen molar-refractivity contribution in [2.24, 2.45) is 11.1 Å². The van der Waals surface area contributed by atoms with Gasteiger partial charge in [0.25, 0.3) is 0 Å². The summed E-state index contributed by atoms with van der Waals surface area (Å²) >= 11 is 4.85. The van der Waals surface area contributed by atoms with E-state index in [1.807, 2.05) is 0 Å². The summed E-state index contributed by atoms with van der Waals surface area (Å²) in [6, 6.07) is 3.04. The number of nitrogens with two attached hydrogens (primary N) is 1. The maximum Gasteiger partial charge on any atom is 0.242 e. The summed E-state index contributed by atoms with van der Waals surface area (Å²) < 4.78 is 27.4. The van der Waals surface area contributed by atoms with Gasteiger partial charge in [-0.25, -0.2) is 13.1 Å². The third-order valence-corrected chi connectivity index (χ3v) is 5.29. The summed E-state index contributed by atoms with van der Waals surface area (Å²) in [5.74, 6) is 0. The monoisotopic (exact) mass is 313 g/mol. The Morgan fingerprint density at radius 1 is 1.55 bits per heavy atom. The van der Waals surface area contributed by atoms with Crippen LogP contribution in [0.5, 0.6) is 0 Å². The first-order chi connectivity index (χ1) is 9.40. The number of aromatic nitrogens is 1. The summed E-state index contributed by atoms with van der Waals surface area (Å²) in [6.45, 7) is 2.58. The molecular formula is C13H19N3O2S2. The van der Waals surface area contributed by atoms with Crippen molar-refractivity contribution in [3.05, 3.63) is 24.0 Å². The third-order valence-electron chi connectivity index (χ3n) is 3.67. The minimum Gasteiger partial charge on any atom is -0.388 e. The molecule has 20 heavy (non-hydrogen) atoms. The molecule has 1 aliphatic rings. The topological polar surface area (TPSA) is 85.1 Å². The lowest BCUT2D eigenvalue weighted by molar-refractivity contribution is 0.449. The molecule has 1 aromatic rings. The van der Waals surface area contributed by atoms with Crippen LogP contribution in [-0.2, 0) is 10.0 Å². The zero-order valence-electron chi connectivity index (χ0n) is 11.4. The molecule has 1 heterocycles. The Hall–Kier alpha value is -1.05. The third kappa shape index (κ3) is 3.34. The molecular weight excluding hydrogens is 294 g/mol. The number of rotatable bonds is 7. The van der Waals surface area contributed by atoms with E-state index in [-0.39, 0.29) is 21.0 Å². The number of pyridine rings is 1. The van der Waals surface area contributed by atoms with Gasteiger partial charge in [-0.1, -0.05) is 25.6 Å². The Balaban J connectivity index is 2.17. The van der Waals surface area contributed by atoms with Crippen molar-refractivity contribution in [2.45, 2.75) is 37.5 Å². The molecule has 0 spiro atoms. The second-order valence-corrected chi connectivity index (χ2v) is 7.46. The molecule has 0 bridgehead atoms. The normalized spacial score (nSPS) is 16.9. The van der Waals surface area contributed by atoms with Crippen LogP contribution in [0.1, 0.15) is 38.3 Å². The molecule has 1 aliphatic carbocycles. The van der Waals surface area contributed by atoms with Gasteiger partial charge in [0.2, 0.25) is 10.0 Å². The van der Waals surface area contributed by atoms with E-state index >= 15 is 0 Å². The second kappa shape index (κ2) is 5.75. The van der Waals surface area contributed by atoms with E-state index in [1.54, 1.807) is 6.07 Å². The first-order valence-electron chi connectivity index (χ1n) is 6.65. The molecule has 2 rings (SSSR count). The van der Waals surface area contributed by atoms with Crippen molar-refractivity contribution in [3.8, 4) is 0 Å². The molecule has 0 amide bonds. The van der Waals surface area contributed by atoms with Crippen LogP contribution in [0.15, 0.2) is 23.2 Å². The Morgan fingerprint density at radius 3 is 2.80 bits per heavy atom. The Kier molecular flexibility index (Phi) is 4.41. The highest BCUT2D eigenvalue weighted by Crippen LogP contribution is 2.49. The van der Waals surface area contributed by atoms with Crippen molar-refractivity contribution in [2.75, 3.05) is 6.54 Å². The largest absolute Gasteiger partial charge is 0.388 e. The maximum atomic E-state index is 12.4. The van der Waals surface area contributed by atoms with Crippen molar-refractivity contribution in [1.29, 1.82) is 0 Å². The van der Waals surface area contributed by atoms with E-state index in [4.69, 9.17) is 18.0 Å². The molecule has 0 radical (unpaired) electrons. The van der Waals surface area contributed by atoms with Crippen LogP contribution in [-0.4, -0.2) is 24.9 Å². The van der Waals surface area contributed by atoms with E-state index < -0.39 is 10.0 Å². The van der Waals surface area contributed by atoms with E-state index in [9.17, 15) is 8.42 Å². The molecule has 110 valence electrons. The van der Waals surface area contributed by atoms with E-state index in [1.165, 1.54) is 12.3 Å². The van der Waals surface area contributed by atoms with Crippen molar-refractivity contribution in [3.63, 3.8) is 0 Å². The van der Waals surface area contributed by atoms with Gasteiger partial charge < -0.3 is 5.73 Å². The van der Waals surface area contributed by atoms with E-state index in [0.717, 1.165) is 25.7 Å². The maximum absolute atomic E-state index is 12.4. The van der Waals surface area contributed by atoms with Crippen LogP contribution in [0.4, 0.5) is 0 Å². The number of hydrogen-bond donors (Lipinski definition) is 2. The van der Waals surface area contributed by atoms with E-state index in [2.05, 4.69) is 16.6 Å². The highest BCUT2D eigenvalue weighted by Gasteiger charge is 2.42. The van der Waals surface area contributed by atoms with Gasteiger partial charge in [-0.2, -0.15) is 0 Å². The van der Waals surface area contributed by atoms with Crippen LogP contribution >= 0.6 is 12.2 Å². The first-order valence-corrected chi connectivity index (χ1v) is 8.54. The van der Waals surface area contributed by atoms with Crippen LogP contribution in [0, 0.1) is 5.41 Å². The molecule has 0 aromatic carbocycles. The number of nitrogens with one attached hydrogen (secondary N) is 1. The lowest BCUT2D eigenvalue weighted by Crippen LogP contribution is -2.32. The van der Waals surface area contributed by atoms with Crippen molar-refractivity contribution < 1.29 is 8.42 Å². The van der Waals surface area contributed by atoms with Gasteiger partial charge in [0, 0.05) is 12.7 Å². The summed E-state index contributed by atoms with van der Waals surface area (Å²) in [6.07, 6.45) is 5.75. The van der Waals surface area contributed by atoms with Gasteiger partial charge in [0.05, 0.1) is 0 Å². The smallest absolute Gasteiger partial charge is 0.242 e. The summed E-state index contributed by atoms with van der Waals surface area (Å²) in [5.41, 5.74) is 5.82. The fourth-order valence-corrected chi connectivity index (χ4v) is 3.89. The van der Waals surface area contributed by atoms with Gasteiger partial charge in [0.15, 0.2) is 0 Å². The van der Waals surface area contributed by atoms with Gasteiger partial charge in [-0.15, -0.1) is 0 Å². The minimum atomic E-state index is -3.63. The molecule has 1 fully saturated rings. The lowest BCUT2D eigenvalue weighted by Gasteiger charge is -2.16. The lowest BCUT2D eigenvalue weighted by atomic mass is 10.0. The van der Waals surface area contributed by atoms with Crippen molar-refractivity contribution >= 4 is 27.2 Å².